The van der Waals surface area contributed by atoms with E-state index in [0.29, 0.717) is 5.06 Å². The van der Waals surface area contributed by atoms with Crippen LogP contribution >= 0.6 is 0 Å². The van der Waals surface area contributed by atoms with Gasteiger partial charge < -0.3 is 4.84 Å². The van der Waals surface area contributed by atoms with Crippen LogP contribution in [0.25, 0.3) is 0 Å². The van der Waals surface area contributed by atoms with Crippen LogP contribution in [-0.2, 0) is 9.63 Å². The molecule has 0 bridgehead atoms. The molecule has 1 aromatic carbocycles. The molecule has 1 aliphatic heterocycles. The molecule has 0 saturated heterocycles. The number of halogens is 2. The molecule has 3 rings (SSSR count). The van der Waals surface area contributed by atoms with Gasteiger partial charge in [0.1, 0.15) is 0 Å². The van der Waals surface area contributed by atoms with Crippen LogP contribution in [0, 0.1) is 11.8 Å². The molecule has 23 heavy (non-hydrogen) atoms. The van der Waals surface area contributed by atoms with E-state index < -0.39 is 36.0 Å². The van der Waals surface area contributed by atoms with Crippen LogP contribution < -0.4 is 0 Å². The second-order valence-electron chi connectivity index (χ2n) is 5.81. The number of imide groups is 1. The van der Waals surface area contributed by atoms with Crippen LogP contribution in [0.3, 0.4) is 0 Å². The molecule has 2 amide bonds. The fourth-order valence-corrected chi connectivity index (χ4v) is 3.02. The molecule has 0 aromatic heterocycles. The number of benzene rings is 1. The van der Waals surface area contributed by atoms with Gasteiger partial charge in [0.25, 0.3) is 11.8 Å². The van der Waals surface area contributed by atoms with Gasteiger partial charge in [-0.1, -0.05) is 17.2 Å². The zero-order valence-electron chi connectivity index (χ0n) is 12.2. The Kier molecular flexibility index (Phi) is 4.11. The third kappa shape index (κ3) is 2.83. The summed E-state index contributed by atoms with van der Waals surface area (Å²) < 4.78 is 25.2. The van der Waals surface area contributed by atoms with E-state index in [-0.39, 0.29) is 36.8 Å². The minimum Gasteiger partial charge on any atom is -0.329 e. The van der Waals surface area contributed by atoms with Crippen molar-refractivity contribution in [2.24, 2.45) is 11.8 Å². The van der Waals surface area contributed by atoms with Crippen LogP contribution in [0.15, 0.2) is 24.3 Å². The van der Waals surface area contributed by atoms with E-state index in [9.17, 15) is 23.2 Å². The maximum atomic E-state index is 12.6. The number of fused-ring (bicyclic) bond motifs is 1. The predicted molar refractivity (Wildman–Crippen MR) is 74.5 cm³/mol. The van der Waals surface area contributed by atoms with Gasteiger partial charge in [-0.05, 0) is 37.8 Å². The summed E-state index contributed by atoms with van der Waals surface area (Å²) in [6.45, 7) is 0. The first-order valence-corrected chi connectivity index (χ1v) is 7.47. The molecule has 1 aromatic rings. The van der Waals surface area contributed by atoms with Crippen LogP contribution in [-0.4, -0.2) is 29.3 Å². The summed E-state index contributed by atoms with van der Waals surface area (Å²) >= 11 is 0. The first-order chi connectivity index (χ1) is 11.0. The van der Waals surface area contributed by atoms with Gasteiger partial charge in [-0.25, -0.2) is 13.6 Å². The largest absolute Gasteiger partial charge is 0.336 e. The molecule has 1 heterocycles. The average molecular weight is 323 g/mol. The van der Waals surface area contributed by atoms with E-state index in [1.54, 1.807) is 12.1 Å². The van der Waals surface area contributed by atoms with Crippen molar-refractivity contribution < 1.29 is 28.0 Å². The summed E-state index contributed by atoms with van der Waals surface area (Å²) in [5.74, 6) is -3.33. The van der Waals surface area contributed by atoms with E-state index in [2.05, 4.69) is 0 Å². The summed E-state index contributed by atoms with van der Waals surface area (Å²) in [5.41, 5.74) is 0.374. The van der Waals surface area contributed by atoms with E-state index in [0.717, 1.165) is 0 Å². The lowest BCUT2D eigenvalue weighted by Crippen LogP contribution is -2.36. The lowest BCUT2D eigenvalue weighted by Gasteiger charge is -2.27. The number of hydrogen-bond acceptors (Lipinski definition) is 4. The summed E-state index contributed by atoms with van der Waals surface area (Å²) in [5, 5.41) is 0.464. The summed E-state index contributed by atoms with van der Waals surface area (Å²) in [6.07, 6.45) is -1.36. The molecule has 122 valence electrons. The highest BCUT2D eigenvalue weighted by Gasteiger charge is 2.40. The summed E-state index contributed by atoms with van der Waals surface area (Å²) in [7, 11) is 0. The molecular formula is C16H15F2NO4. The molecule has 1 aliphatic carbocycles. The second-order valence-corrected chi connectivity index (χ2v) is 5.81. The number of carbonyl (C=O) groups excluding carboxylic acids is 3. The Morgan fingerprint density at radius 2 is 1.57 bits per heavy atom. The fraction of sp³-hybridized carbons (Fsp3) is 0.438. The smallest absolute Gasteiger partial charge is 0.329 e. The SMILES string of the molecule is O=C(ON1C(=O)c2ccccc2C1=O)C1CCC(C(F)F)CC1. The van der Waals surface area contributed by atoms with Gasteiger partial charge in [0, 0.05) is 5.92 Å². The molecule has 7 heteroatoms. The highest BCUT2D eigenvalue weighted by atomic mass is 19.3. The Morgan fingerprint density at radius 3 is 2.04 bits per heavy atom. The third-order valence-electron chi connectivity index (χ3n) is 4.40. The Labute approximate surface area is 131 Å². The quantitative estimate of drug-likeness (QED) is 0.803. The van der Waals surface area contributed by atoms with Crippen molar-refractivity contribution in [1.82, 2.24) is 5.06 Å². The van der Waals surface area contributed by atoms with E-state index in [1.165, 1.54) is 12.1 Å². The molecule has 0 spiro atoms. The number of alkyl halides is 2. The minimum atomic E-state index is -2.39. The number of hydrogen-bond donors (Lipinski definition) is 0. The van der Waals surface area contributed by atoms with Gasteiger partial charge in [0.05, 0.1) is 17.0 Å². The second kappa shape index (κ2) is 6.06. The monoisotopic (exact) mass is 323 g/mol. The van der Waals surface area contributed by atoms with Crippen molar-refractivity contribution in [3.63, 3.8) is 0 Å². The Morgan fingerprint density at radius 1 is 1.04 bits per heavy atom. The van der Waals surface area contributed by atoms with Gasteiger partial charge in [0.15, 0.2) is 0 Å². The minimum absolute atomic E-state index is 0.187. The topological polar surface area (TPSA) is 63.7 Å². The summed E-state index contributed by atoms with van der Waals surface area (Å²) in [4.78, 5) is 41.3. The Balaban J connectivity index is 1.64. The predicted octanol–water partition coefficient (Wildman–Crippen LogP) is 2.81. The Bertz CT molecular complexity index is 618. The maximum absolute atomic E-state index is 12.6. The molecule has 2 aliphatic rings. The first-order valence-electron chi connectivity index (χ1n) is 7.47. The standard InChI is InChI=1S/C16H15F2NO4/c17-13(18)9-5-7-10(8-6-9)16(22)23-19-14(20)11-3-1-2-4-12(11)15(19)21/h1-4,9-10,13H,5-8H2. The van der Waals surface area contributed by atoms with E-state index in [4.69, 9.17) is 4.84 Å². The van der Waals surface area contributed by atoms with Crippen molar-refractivity contribution in [3.8, 4) is 0 Å². The maximum Gasteiger partial charge on any atom is 0.336 e. The number of carbonyl (C=O) groups is 3. The fourth-order valence-electron chi connectivity index (χ4n) is 3.02. The number of nitrogens with zero attached hydrogens (tertiary/aromatic N) is 1. The zero-order valence-corrected chi connectivity index (χ0v) is 12.2. The van der Waals surface area contributed by atoms with Crippen molar-refractivity contribution in [1.29, 1.82) is 0 Å². The van der Waals surface area contributed by atoms with Crippen molar-refractivity contribution >= 4 is 17.8 Å². The lowest BCUT2D eigenvalue weighted by molar-refractivity contribution is -0.175. The van der Waals surface area contributed by atoms with Gasteiger partial charge in [-0.3, -0.25) is 9.59 Å². The van der Waals surface area contributed by atoms with Crippen molar-refractivity contribution in [2.45, 2.75) is 32.1 Å². The van der Waals surface area contributed by atoms with E-state index in [1.807, 2.05) is 0 Å². The molecule has 0 N–H and O–H groups in total. The molecule has 0 radical (unpaired) electrons. The van der Waals surface area contributed by atoms with Crippen molar-refractivity contribution in [3.05, 3.63) is 35.4 Å². The van der Waals surface area contributed by atoms with Gasteiger partial charge >= 0.3 is 5.97 Å². The number of rotatable bonds is 3. The molecule has 1 saturated carbocycles. The molecule has 0 unspecified atom stereocenters. The van der Waals surface area contributed by atoms with Gasteiger partial charge in [-0.2, -0.15) is 0 Å². The van der Waals surface area contributed by atoms with Crippen LogP contribution in [0.2, 0.25) is 0 Å². The summed E-state index contributed by atoms with van der Waals surface area (Å²) in [6, 6.07) is 6.19. The Hall–Kier alpha value is -2.31. The van der Waals surface area contributed by atoms with Crippen LogP contribution in [0.5, 0.6) is 0 Å². The lowest BCUT2D eigenvalue weighted by atomic mass is 9.82. The first kappa shape index (κ1) is 15.6. The van der Waals surface area contributed by atoms with Crippen molar-refractivity contribution in [2.75, 3.05) is 0 Å². The average Bonchev–Trinajstić information content (AvgIpc) is 2.80. The number of hydroxylamine groups is 2. The third-order valence-corrected chi connectivity index (χ3v) is 4.40. The molecule has 1 fully saturated rings. The zero-order chi connectivity index (χ0) is 16.6. The van der Waals surface area contributed by atoms with Gasteiger partial charge in [-0.15, -0.1) is 0 Å². The highest BCUT2D eigenvalue weighted by molar-refractivity contribution is 6.20. The normalized spacial score (nSPS) is 24.0. The van der Waals surface area contributed by atoms with E-state index >= 15 is 0 Å². The van der Waals surface area contributed by atoms with Crippen LogP contribution in [0.1, 0.15) is 46.4 Å². The molecule has 5 nitrogen and oxygen atoms in total. The number of amides is 2. The van der Waals surface area contributed by atoms with Crippen LogP contribution in [0.4, 0.5) is 8.78 Å². The highest BCUT2D eigenvalue weighted by Crippen LogP contribution is 2.34. The van der Waals surface area contributed by atoms with Gasteiger partial charge in [0.2, 0.25) is 6.43 Å². The molecular weight excluding hydrogens is 308 g/mol. The molecule has 0 atom stereocenters.